The van der Waals surface area contributed by atoms with E-state index in [1.165, 1.54) is 0 Å². The van der Waals surface area contributed by atoms with Gasteiger partial charge in [0, 0.05) is 39.6 Å². The highest BCUT2D eigenvalue weighted by molar-refractivity contribution is 6.33. The van der Waals surface area contributed by atoms with Crippen LogP contribution >= 0.6 is 11.6 Å². The van der Waals surface area contributed by atoms with Crippen molar-refractivity contribution in [1.29, 1.82) is 0 Å². The van der Waals surface area contributed by atoms with Crippen molar-refractivity contribution in [3.05, 3.63) is 105 Å². The van der Waals surface area contributed by atoms with Crippen molar-refractivity contribution >= 4 is 57.9 Å². The lowest BCUT2D eigenvalue weighted by atomic mass is 9.79. The minimum Gasteiger partial charge on any atom is -0.349 e. The van der Waals surface area contributed by atoms with Gasteiger partial charge in [-0.1, -0.05) is 23.7 Å². The average molecular weight is 658 g/mol. The zero-order valence-electron chi connectivity index (χ0n) is 26.2. The number of carbonyl (C=O) groups is 2. The second-order valence-electron chi connectivity index (χ2n) is 12.5. The molecule has 1 aliphatic rings. The molecule has 0 atom stereocenters. The van der Waals surface area contributed by atoms with E-state index < -0.39 is 16.0 Å². The monoisotopic (exact) mass is 657 g/mol. The predicted molar refractivity (Wildman–Crippen MR) is 179 cm³/mol. The van der Waals surface area contributed by atoms with Gasteiger partial charge < -0.3 is 21.3 Å². The molecular weight excluding hydrogens is 624 g/mol. The molecule has 1 saturated heterocycles. The van der Waals surface area contributed by atoms with E-state index in [1.807, 2.05) is 27.7 Å². The Morgan fingerprint density at radius 1 is 0.872 bits per heavy atom. The lowest BCUT2D eigenvalue weighted by Crippen LogP contribution is -2.62. The van der Waals surface area contributed by atoms with Gasteiger partial charge in [-0.15, -0.1) is 10.3 Å². The second kappa shape index (κ2) is 13.3. The first-order valence-corrected chi connectivity index (χ1v) is 15.2. The normalized spacial score (nSPS) is 15.8. The van der Waals surface area contributed by atoms with Crippen LogP contribution in [-0.4, -0.2) is 48.9 Å². The van der Waals surface area contributed by atoms with E-state index in [1.54, 1.807) is 72.8 Å². The zero-order valence-corrected chi connectivity index (χ0v) is 27.0. The summed E-state index contributed by atoms with van der Waals surface area (Å²) in [7, 11) is 0. The highest BCUT2D eigenvalue weighted by Gasteiger charge is 2.46. The number of nitro groups is 1. The Morgan fingerprint density at radius 2 is 1.43 bits per heavy atom. The van der Waals surface area contributed by atoms with Crippen molar-refractivity contribution in [1.82, 2.24) is 20.3 Å². The highest BCUT2D eigenvalue weighted by atomic mass is 35.5. The van der Waals surface area contributed by atoms with Crippen LogP contribution in [0.5, 0.6) is 0 Å². The predicted octanol–water partition coefficient (Wildman–Crippen LogP) is 6.87. The van der Waals surface area contributed by atoms with Crippen molar-refractivity contribution in [2.24, 2.45) is 0 Å². The number of carbonyl (C=O) groups excluding carboxylic acids is 2. The van der Waals surface area contributed by atoms with E-state index in [2.05, 4.69) is 31.2 Å². The third-order valence-electron chi connectivity index (χ3n) is 7.83. The Balaban J connectivity index is 1.24. The number of aromatic nitrogens is 2. The average Bonchev–Trinajstić information content (AvgIpc) is 3.01. The van der Waals surface area contributed by atoms with Gasteiger partial charge in [0.2, 0.25) is 11.8 Å². The summed E-state index contributed by atoms with van der Waals surface area (Å²) in [5.41, 5.74) is 0.707. The maximum atomic E-state index is 13.0. The molecule has 1 aliphatic heterocycles. The van der Waals surface area contributed by atoms with E-state index >= 15 is 0 Å². The van der Waals surface area contributed by atoms with Gasteiger partial charge in [-0.3, -0.25) is 19.7 Å². The molecule has 1 fully saturated rings. The molecule has 0 aliphatic carbocycles. The molecule has 0 unspecified atom stereocenters. The highest BCUT2D eigenvalue weighted by Crippen LogP contribution is 2.37. The summed E-state index contributed by atoms with van der Waals surface area (Å²) < 4.78 is 0. The Kier molecular flexibility index (Phi) is 9.43. The van der Waals surface area contributed by atoms with Crippen molar-refractivity contribution in [2.45, 2.75) is 57.7 Å². The molecule has 5 rings (SSSR count). The summed E-state index contributed by atoms with van der Waals surface area (Å²) in [6, 6.07) is 19.7. The van der Waals surface area contributed by atoms with Gasteiger partial charge in [0.1, 0.15) is 6.20 Å². The maximum absolute atomic E-state index is 13.0. The van der Waals surface area contributed by atoms with Crippen LogP contribution in [-0.2, 0) is 5.21 Å². The number of hydrogen-bond acceptors (Lipinski definition) is 9. The van der Waals surface area contributed by atoms with Gasteiger partial charge in [0.25, 0.3) is 11.8 Å². The number of rotatable bonds is 9. The molecule has 2 amide bonds. The Morgan fingerprint density at radius 3 is 2.00 bits per heavy atom. The number of anilines is 5. The number of piperidine rings is 1. The van der Waals surface area contributed by atoms with Gasteiger partial charge in [0.05, 0.1) is 15.6 Å². The molecule has 1 aromatic heterocycles. The summed E-state index contributed by atoms with van der Waals surface area (Å²) in [4.78, 5) is 45.1. The first-order valence-electron chi connectivity index (χ1n) is 14.8. The van der Waals surface area contributed by atoms with Gasteiger partial charge in [-0.05, 0) is 101 Å². The Hall–Kier alpha value is -5.11. The molecule has 0 bridgehead atoms. The second-order valence-corrected chi connectivity index (χ2v) is 12.9. The van der Waals surface area contributed by atoms with Crippen LogP contribution in [0.15, 0.2) is 79.0 Å². The lowest BCUT2D eigenvalue weighted by Gasteiger charge is -2.50. The molecule has 0 saturated carbocycles. The third kappa shape index (κ3) is 7.83. The number of hydroxylamine groups is 2. The molecule has 47 heavy (non-hydrogen) atoms. The van der Waals surface area contributed by atoms with Crippen LogP contribution in [0.1, 0.15) is 61.3 Å². The number of para-hydroxylation sites is 1. The van der Waals surface area contributed by atoms with Crippen molar-refractivity contribution in [3.8, 4) is 0 Å². The van der Waals surface area contributed by atoms with E-state index in [0.717, 1.165) is 11.3 Å². The van der Waals surface area contributed by atoms with Crippen LogP contribution in [0.3, 0.4) is 0 Å². The summed E-state index contributed by atoms with van der Waals surface area (Å²) in [5, 5.41) is 37.6. The Labute approximate surface area is 276 Å². The third-order valence-corrected chi connectivity index (χ3v) is 8.16. The van der Waals surface area contributed by atoms with Crippen LogP contribution < -0.4 is 21.3 Å². The number of nitrogens with one attached hydrogen (secondary N) is 4. The number of halogens is 1. The lowest BCUT2D eigenvalue weighted by molar-refractivity contribution is -0.384. The topological polar surface area (TPSA) is 174 Å². The summed E-state index contributed by atoms with van der Waals surface area (Å²) in [5.74, 6) is -0.602. The molecular formula is C33H34ClN8O5. The first kappa shape index (κ1) is 33.3. The summed E-state index contributed by atoms with van der Waals surface area (Å²) in [6.45, 7) is 7.51. The van der Waals surface area contributed by atoms with Crippen molar-refractivity contribution in [2.75, 3.05) is 16.0 Å². The molecule has 2 heterocycles. The molecule has 4 N–H and O–H groups in total. The molecule has 14 heteroatoms. The van der Waals surface area contributed by atoms with E-state index in [-0.39, 0.29) is 35.3 Å². The Bertz CT molecular complexity index is 1780. The molecule has 13 nitrogen and oxygen atoms in total. The van der Waals surface area contributed by atoms with Crippen LogP contribution in [0, 0.1) is 10.1 Å². The number of nitrogens with zero attached hydrogens (tertiary/aromatic N) is 4. The number of amides is 2. The molecule has 3 aromatic carbocycles. The van der Waals surface area contributed by atoms with Crippen LogP contribution in [0.4, 0.5) is 34.5 Å². The number of hydrogen-bond donors (Lipinski definition) is 4. The van der Waals surface area contributed by atoms with Gasteiger partial charge >= 0.3 is 5.69 Å². The summed E-state index contributed by atoms with van der Waals surface area (Å²) in [6.07, 6.45) is 2.14. The molecule has 4 aromatic rings. The molecule has 1 radical (unpaired) electrons. The van der Waals surface area contributed by atoms with Gasteiger partial charge in [-0.25, -0.2) is 4.98 Å². The maximum Gasteiger partial charge on any atom is 0.329 e. The number of benzene rings is 3. The van der Waals surface area contributed by atoms with Gasteiger partial charge in [0.15, 0.2) is 0 Å². The van der Waals surface area contributed by atoms with Crippen molar-refractivity contribution < 1.29 is 19.7 Å². The quantitative estimate of drug-likeness (QED) is 0.110. The minimum absolute atomic E-state index is 0.0632. The standard InChI is InChI=1S/C33H34ClN8O5/c1-32(2)17-24(18-33(3,4)42(32)47)37-29(43)20-11-15-23(16-12-20)38-31-35-19-27(41(45)46)28(40-31)36-22-13-9-21(10-14-22)30(44)39-26-8-6-5-7-25(26)34/h5-16,19,24H,17-18H2,1-4H3,(H,37,43)(H,39,44)(H2,35,36,38,40). The van der Waals surface area contributed by atoms with Gasteiger partial charge in [-0.2, -0.15) is 4.98 Å². The first-order chi connectivity index (χ1) is 22.2. The van der Waals surface area contributed by atoms with E-state index in [9.17, 15) is 24.9 Å². The molecule has 243 valence electrons. The fraction of sp³-hybridized carbons (Fsp3) is 0.273. The molecule has 0 spiro atoms. The SMILES string of the molecule is CC1(C)CC(NC(=O)c2ccc(Nc3ncc([N+](=O)[O-])c(Nc4ccc(C(=O)Nc5ccccc5Cl)cc4)n3)cc2)CC(C)(C)N1[O]. The van der Waals surface area contributed by atoms with E-state index in [4.69, 9.17) is 11.6 Å². The zero-order chi connectivity index (χ0) is 33.9. The fourth-order valence-electron chi connectivity index (χ4n) is 5.73. The van der Waals surface area contributed by atoms with Crippen LogP contribution in [0.2, 0.25) is 5.02 Å². The summed E-state index contributed by atoms with van der Waals surface area (Å²) >= 11 is 6.12. The smallest absolute Gasteiger partial charge is 0.329 e. The largest absolute Gasteiger partial charge is 0.349 e. The van der Waals surface area contributed by atoms with Crippen LogP contribution in [0.25, 0.3) is 0 Å². The van der Waals surface area contributed by atoms with Crippen molar-refractivity contribution in [3.63, 3.8) is 0 Å². The fourth-order valence-corrected chi connectivity index (χ4v) is 5.91. The van der Waals surface area contributed by atoms with E-state index in [0.29, 0.717) is 46.1 Å². The minimum atomic E-state index is -0.607.